The Balaban J connectivity index is 2.32. The highest BCUT2D eigenvalue weighted by atomic mass is 127. The number of ether oxygens (including phenoxy) is 1. The average molecular weight is 361 g/mol. The van der Waals surface area contributed by atoms with E-state index >= 15 is 0 Å². The summed E-state index contributed by atoms with van der Waals surface area (Å²) in [6, 6.07) is 4.83. The third kappa shape index (κ3) is 5.05. The Morgan fingerprint density at radius 1 is 1.50 bits per heavy atom. The maximum Gasteiger partial charge on any atom is 0.251 e. The lowest BCUT2D eigenvalue weighted by Gasteiger charge is -2.06. The van der Waals surface area contributed by atoms with Crippen LogP contribution in [0, 0.1) is 3.57 Å². The summed E-state index contributed by atoms with van der Waals surface area (Å²) in [5, 5.41) is 12.2. The van der Waals surface area contributed by atoms with Crippen molar-refractivity contribution in [2.75, 3.05) is 19.8 Å². The quantitative estimate of drug-likeness (QED) is 0.445. The number of aromatic hydroxyl groups is 1. The smallest absolute Gasteiger partial charge is 0.251 e. The maximum atomic E-state index is 11.7. The second-order valence-corrected chi connectivity index (χ2v) is 4.77. The van der Waals surface area contributed by atoms with E-state index in [1.807, 2.05) is 22.6 Å². The van der Waals surface area contributed by atoms with Crippen molar-refractivity contribution in [2.45, 2.75) is 6.42 Å². The summed E-state index contributed by atoms with van der Waals surface area (Å²) in [5.74, 6) is -0.0977. The first-order valence-corrected chi connectivity index (χ1v) is 6.68. The van der Waals surface area contributed by atoms with E-state index in [0.29, 0.717) is 25.3 Å². The third-order valence-electron chi connectivity index (χ3n) is 2.21. The highest BCUT2D eigenvalue weighted by Crippen LogP contribution is 2.20. The molecule has 0 aliphatic rings. The Kier molecular flexibility index (Phi) is 6.74. The molecular formula is C13H16INO3. The minimum atomic E-state index is -0.214. The Labute approximate surface area is 120 Å². The molecule has 0 radical (unpaired) electrons. The molecule has 5 heteroatoms. The molecule has 0 unspecified atom stereocenters. The van der Waals surface area contributed by atoms with Crippen molar-refractivity contribution in [3.8, 4) is 5.75 Å². The van der Waals surface area contributed by atoms with Gasteiger partial charge in [-0.1, -0.05) is 6.08 Å². The molecule has 0 saturated carbocycles. The molecule has 0 aliphatic carbocycles. The molecule has 18 heavy (non-hydrogen) atoms. The highest BCUT2D eigenvalue weighted by Gasteiger charge is 2.07. The molecule has 0 spiro atoms. The molecule has 0 aliphatic heterocycles. The molecule has 1 rings (SSSR count). The molecule has 1 amide bonds. The van der Waals surface area contributed by atoms with Gasteiger partial charge >= 0.3 is 0 Å². The number of benzene rings is 1. The van der Waals surface area contributed by atoms with E-state index in [4.69, 9.17) is 4.74 Å². The first-order valence-electron chi connectivity index (χ1n) is 5.60. The third-order valence-corrected chi connectivity index (χ3v) is 3.12. The van der Waals surface area contributed by atoms with Crippen LogP contribution >= 0.6 is 22.6 Å². The van der Waals surface area contributed by atoms with Crippen LogP contribution in [0.3, 0.4) is 0 Å². The standard InChI is InChI=1S/C13H16INO3/c1-2-3-7-18-8-6-15-13(17)10-4-5-11(14)12(16)9-10/h2,4-5,9,16H,1,3,6-8H2,(H,15,17). The summed E-state index contributed by atoms with van der Waals surface area (Å²) in [6.45, 7) is 5.12. The molecule has 0 aromatic heterocycles. The number of phenols is 1. The SMILES string of the molecule is C=CCCOCCNC(=O)c1ccc(I)c(O)c1. The summed E-state index contributed by atoms with van der Waals surface area (Å²) >= 11 is 2.00. The first kappa shape index (κ1) is 15.0. The van der Waals surface area contributed by atoms with Gasteiger partial charge in [-0.15, -0.1) is 6.58 Å². The zero-order chi connectivity index (χ0) is 13.4. The number of carbonyl (C=O) groups is 1. The van der Waals surface area contributed by atoms with Gasteiger partial charge in [0.1, 0.15) is 5.75 Å². The minimum Gasteiger partial charge on any atom is -0.507 e. The molecule has 98 valence electrons. The lowest BCUT2D eigenvalue weighted by atomic mass is 10.2. The lowest BCUT2D eigenvalue weighted by molar-refractivity contribution is 0.0917. The van der Waals surface area contributed by atoms with Crippen LogP contribution in [0.15, 0.2) is 30.9 Å². The Morgan fingerprint density at radius 2 is 2.28 bits per heavy atom. The molecule has 4 nitrogen and oxygen atoms in total. The van der Waals surface area contributed by atoms with Crippen LogP contribution in [0.1, 0.15) is 16.8 Å². The summed E-state index contributed by atoms with van der Waals surface area (Å²) in [4.78, 5) is 11.7. The normalized spacial score (nSPS) is 10.1. The monoisotopic (exact) mass is 361 g/mol. The highest BCUT2D eigenvalue weighted by molar-refractivity contribution is 14.1. The van der Waals surface area contributed by atoms with Crippen LogP contribution in [0.5, 0.6) is 5.75 Å². The van der Waals surface area contributed by atoms with Gasteiger partial charge in [-0.2, -0.15) is 0 Å². The Hall–Kier alpha value is -1.08. The van der Waals surface area contributed by atoms with Crippen LogP contribution in [0.4, 0.5) is 0 Å². The number of hydrogen-bond acceptors (Lipinski definition) is 3. The second-order valence-electron chi connectivity index (χ2n) is 3.61. The number of phenolic OH excluding ortho intramolecular Hbond substituents is 1. The molecule has 0 heterocycles. The fourth-order valence-electron chi connectivity index (χ4n) is 1.26. The molecule has 1 aromatic rings. The van der Waals surface area contributed by atoms with Crippen LogP contribution in [-0.4, -0.2) is 30.8 Å². The van der Waals surface area contributed by atoms with E-state index in [0.717, 1.165) is 9.99 Å². The van der Waals surface area contributed by atoms with E-state index in [-0.39, 0.29) is 11.7 Å². The number of rotatable bonds is 7. The van der Waals surface area contributed by atoms with Crippen molar-refractivity contribution in [2.24, 2.45) is 0 Å². The van der Waals surface area contributed by atoms with Gasteiger partial charge in [-0.05, 0) is 47.2 Å². The summed E-state index contributed by atoms with van der Waals surface area (Å²) in [6.07, 6.45) is 2.59. The van der Waals surface area contributed by atoms with Crippen LogP contribution in [0.25, 0.3) is 0 Å². The van der Waals surface area contributed by atoms with E-state index in [1.54, 1.807) is 18.2 Å². The summed E-state index contributed by atoms with van der Waals surface area (Å²) in [7, 11) is 0. The summed E-state index contributed by atoms with van der Waals surface area (Å²) < 4.78 is 5.99. The van der Waals surface area contributed by atoms with Gasteiger partial charge in [0.05, 0.1) is 16.8 Å². The fraction of sp³-hybridized carbons (Fsp3) is 0.308. The maximum absolute atomic E-state index is 11.7. The van der Waals surface area contributed by atoms with Gasteiger partial charge in [-0.3, -0.25) is 4.79 Å². The number of halogens is 1. The topological polar surface area (TPSA) is 58.6 Å². The average Bonchev–Trinajstić information content (AvgIpc) is 2.36. The number of carbonyl (C=O) groups excluding carboxylic acids is 1. The van der Waals surface area contributed by atoms with Crippen molar-refractivity contribution in [1.29, 1.82) is 0 Å². The fourth-order valence-corrected chi connectivity index (χ4v) is 1.60. The zero-order valence-electron chi connectivity index (χ0n) is 9.99. The van der Waals surface area contributed by atoms with Gasteiger partial charge in [-0.25, -0.2) is 0 Å². The van der Waals surface area contributed by atoms with E-state index in [2.05, 4.69) is 11.9 Å². The van der Waals surface area contributed by atoms with Gasteiger partial charge < -0.3 is 15.2 Å². The second kappa shape index (κ2) is 8.10. The molecule has 0 bridgehead atoms. The lowest BCUT2D eigenvalue weighted by Crippen LogP contribution is -2.27. The van der Waals surface area contributed by atoms with Crippen molar-refractivity contribution in [3.05, 3.63) is 40.0 Å². The van der Waals surface area contributed by atoms with Crippen molar-refractivity contribution >= 4 is 28.5 Å². The van der Waals surface area contributed by atoms with E-state index in [1.165, 1.54) is 6.07 Å². The molecule has 1 aromatic carbocycles. The first-order chi connectivity index (χ1) is 8.65. The van der Waals surface area contributed by atoms with Crippen LogP contribution in [0.2, 0.25) is 0 Å². The van der Waals surface area contributed by atoms with Gasteiger partial charge in [0.2, 0.25) is 0 Å². The van der Waals surface area contributed by atoms with E-state index in [9.17, 15) is 9.90 Å². The number of amides is 1. The molecule has 2 N–H and O–H groups in total. The molecule has 0 fully saturated rings. The predicted octanol–water partition coefficient (Wildman–Crippen LogP) is 2.32. The molecular weight excluding hydrogens is 345 g/mol. The predicted molar refractivity (Wildman–Crippen MR) is 78.8 cm³/mol. The van der Waals surface area contributed by atoms with Crippen molar-refractivity contribution < 1.29 is 14.6 Å². The zero-order valence-corrected chi connectivity index (χ0v) is 12.1. The van der Waals surface area contributed by atoms with Crippen LogP contribution in [-0.2, 0) is 4.74 Å². The van der Waals surface area contributed by atoms with Crippen LogP contribution < -0.4 is 5.32 Å². The number of nitrogens with one attached hydrogen (secondary N) is 1. The van der Waals surface area contributed by atoms with Gasteiger partial charge in [0.25, 0.3) is 5.91 Å². The van der Waals surface area contributed by atoms with Crippen molar-refractivity contribution in [3.63, 3.8) is 0 Å². The molecule has 0 atom stereocenters. The minimum absolute atomic E-state index is 0.116. The van der Waals surface area contributed by atoms with E-state index < -0.39 is 0 Å². The largest absolute Gasteiger partial charge is 0.507 e. The Morgan fingerprint density at radius 3 is 2.94 bits per heavy atom. The molecule has 0 saturated heterocycles. The van der Waals surface area contributed by atoms with Crippen molar-refractivity contribution in [1.82, 2.24) is 5.32 Å². The Bertz CT molecular complexity index is 421. The van der Waals surface area contributed by atoms with Gasteiger partial charge in [0, 0.05) is 12.1 Å². The summed E-state index contributed by atoms with van der Waals surface area (Å²) in [5.41, 5.74) is 0.444. The number of hydrogen-bond donors (Lipinski definition) is 2. The van der Waals surface area contributed by atoms with Gasteiger partial charge in [0.15, 0.2) is 0 Å².